The van der Waals surface area contributed by atoms with Gasteiger partial charge in [0.1, 0.15) is 5.82 Å². The standard InChI is InChI=1S/C26H26ClFN2O7S/c1-35-23(31)14-38-22-10-21(20(28)9-19(22)27)30(13-15-8-16(12-29-11-15)25(33)36-2)24(32)17-6-4-5-7-18(17)26(34)37-3/h8-12H,4-7,13-14H2,1-3H3. The topological polar surface area (TPSA) is 112 Å². The van der Waals surface area contributed by atoms with Gasteiger partial charge in [0.2, 0.25) is 0 Å². The van der Waals surface area contributed by atoms with E-state index in [0.29, 0.717) is 36.1 Å². The van der Waals surface area contributed by atoms with Crippen LogP contribution >= 0.6 is 23.4 Å². The molecule has 0 saturated heterocycles. The second-order valence-electron chi connectivity index (χ2n) is 8.22. The molecule has 1 heterocycles. The molecule has 12 heteroatoms. The minimum Gasteiger partial charge on any atom is -0.468 e. The molecule has 0 unspecified atom stereocenters. The normalized spacial score (nSPS) is 13.1. The van der Waals surface area contributed by atoms with Gasteiger partial charge in [-0.2, -0.15) is 0 Å². The number of amides is 1. The first kappa shape index (κ1) is 29.1. The average molecular weight is 565 g/mol. The van der Waals surface area contributed by atoms with Gasteiger partial charge >= 0.3 is 17.9 Å². The van der Waals surface area contributed by atoms with Crippen molar-refractivity contribution in [2.24, 2.45) is 0 Å². The Bertz CT molecular complexity index is 1280. The van der Waals surface area contributed by atoms with Gasteiger partial charge in [-0.1, -0.05) is 11.6 Å². The maximum Gasteiger partial charge on any atom is 0.339 e. The largest absolute Gasteiger partial charge is 0.468 e. The predicted molar refractivity (Wildman–Crippen MR) is 138 cm³/mol. The Morgan fingerprint density at radius 3 is 2.32 bits per heavy atom. The molecule has 1 aliphatic carbocycles. The third-order valence-electron chi connectivity index (χ3n) is 5.82. The molecule has 0 N–H and O–H groups in total. The fraction of sp³-hybridized carbons (Fsp3) is 0.346. The summed E-state index contributed by atoms with van der Waals surface area (Å²) in [7, 11) is 3.71. The highest BCUT2D eigenvalue weighted by Gasteiger charge is 2.30. The number of esters is 3. The Hall–Kier alpha value is -3.44. The van der Waals surface area contributed by atoms with Crippen molar-refractivity contribution in [3.05, 3.63) is 63.7 Å². The Morgan fingerprint density at radius 1 is 0.974 bits per heavy atom. The van der Waals surface area contributed by atoms with E-state index in [1.165, 1.54) is 45.9 Å². The molecule has 0 bridgehead atoms. The maximum absolute atomic E-state index is 15.4. The summed E-state index contributed by atoms with van der Waals surface area (Å²) in [6, 6.07) is 3.90. The first-order chi connectivity index (χ1) is 18.2. The number of anilines is 1. The van der Waals surface area contributed by atoms with E-state index in [9.17, 15) is 19.2 Å². The molecule has 0 fully saturated rings. The molecule has 1 aromatic heterocycles. The number of carbonyl (C=O) groups excluding carboxylic acids is 4. The quantitative estimate of drug-likeness (QED) is 0.247. The van der Waals surface area contributed by atoms with E-state index in [1.807, 2.05) is 0 Å². The van der Waals surface area contributed by atoms with Gasteiger partial charge in [-0.3, -0.25) is 14.6 Å². The van der Waals surface area contributed by atoms with Crippen molar-refractivity contribution >= 4 is 52.9 Å². The summed E-state index contributed by atoms with van der Waals surface area (Å²) in [4.78, 5) is 55.6. The van der Waals surface area contributed by atoms with Gasteiger partial charge in [0.05, 0.1) is 49.9 Å². The van der Waals surface area contributed by atoms with Crippen molar-refractivity contribution in [3.8, 4) is 0 Å². The zero-order chi connectivity index (χ0) is 27.8. The number of nitrogens with zero attached hydrogens (tertiary/aromatic N) is 2. The lowest BCUT2D eigenvalue weighted by atomic mass is 9.90. The smallest absolute Gasteiger partial charge is 0.339 e. The monoisotopic (exact) mass is 564 g/mol. The number of methoxy groups -OCH3 is 3. The van der Waals surface area contributed by atoms with Crippen LogP contribution in [0.25, 0.3) is 0 Å². The van der Waals surface area contributed by atoms with E-state index < -0.39 is 29.6 Å². The zero-order valence-corrected chi connectivity index (χ0v) is 22.6. The van der Waals surface area contributed by atoms with Crippen LogP contribution < -0.4 is 4.90 Å². The molecule has 0 aliphatic heterocycles. The highest BCUT2D eigenvalue weighted by Crippen LogP contribution is 2.36. The van der Waals surface area contributed by atoms with Crippen LogP contribution in [-0.2, 0) is 35.1 Å². The number of benzene rings is 1. The molecule has 9 nitrogen and oxygen atoms in total. The summed E-state index contributed by atoms with van der Waals surface area (Å²) in [6.07, 6.45) is 4.77. The van der Waals surface area contributed by atoms with Crippen LogP contribution in [0.3, 0.4) is 0 Å². The molecular weight excluding hydrogens is 539 g/mol. The molecule has 2 aromatic rings. The van der Waals surface area contributed by atoms with Crippen molar-refractivity contribution in [1.29, 1.82) is 0 Å². The highest BCUT2D eigenvalue weighted by atomic mass is 35.5. The van der Waals surface area contributed by atoms with Crippen LogP contribution in [-0.4, -0.2) is 55.9 Å². The van der Waals surface area contributed by atoms with Crippen LogP contribution in [0.4, 0.5) is 10.1 Å². The van der Waals surface area contributed by atoms with E-state index in [1.54, 1.807) is 0 Å². The summed E-state index contributed by atoms with van der Waals surface area (Å²) < 4.78 is 29.7. The molecule has 1 amide bonds. The predicted octanol–water partition coefficient (Wildman–Crippen LogP) is 4.50. The Labute approximate surface area is 228 Å². The van der Waals surface area contributed by atoms with Crippen molar-refractivity contribution in [2.45, 2.75) is 37.1 Å². The lowest BCUT2D eigenvalue weighted by Crippen LogP contribution is -2.34. The number of hydrogen-bond donors (Lipinski definition) is 0. The van der Waals surface area contributed by atoms with Crippen molar-refractivity contribution in [2.75, 3.05) is 32.0 Å². The molecule has 0 radical (unpaired) electrons. The van der Waals surface area contributed by atoms with Gasteiger partial charge in [0, 0.05) is 28.4 Å². The molecule has 1 aliphatic rings. The van der Waals surface area contributed by atoms with E-state index in [0.717, 1.165) is 22.7 Å². The van der Waals surface area contributed by atoms with Crippen LogP contribution in [0.1, 0.15) is 41.6 Å². The molecule has 1 aromatic carbocycles. The van der Waals surface area contributed by atoms with Crippen LogP contribution in [0.2, 0.25) is 5.02 Å². The minimum absolute atomic E-state index is 0.0500. The summed E-state index contributed by atoms with van der Waals surface area (Å²) in [5, 5.41) is 0.0500. The van der Waals surface area contributed by atoms with Gasteiger partial charge < -0.3 is 19.1 Å². The van der Waals surface area contributed by atoms with Crippen LogP contribution in [0.15, 0.2) is 46.6 Å². The van der Waals surface area contributed by atoms with Crippen LogP contribution in [0, 0.1) is 5.82 Å². The third-order valence-corrected chi connectivity index (χ3v) is 7.28. The van der Waals surface area contributed by atoms with E-state index >= 15 is 4.39 Å². The number of hydrogen-bond acceptors (Lipinski definition) is 9. The van der Waals surface area contributed by atoms with Crippen molar-refractivity contribution < 1.29 is 37.8 Å². The van der Waals surface area contributed by atoms with E-state index in [4.69, 9.17) is 21.1 Å². The fourth-order valence-corrected chi connectivity index (χ4v) is 5.03. The summed E-state index contributed by atoms with van der Waals surface area (Å²) >= 11 is 7.25. The summed E-state index contributed by atoms with van der Waals surface area (Å²) in [5.41, 5.74) is 0.895. The second-order valence-corrected chi connectivity index (χ2v) is 9.64. The maximum atomic E-state index is 15.4. The number of ether oxygens (including phenoxy) is 3. The summed E-state index contributed by atoms with van der Waals surface area (Å²) in [6.45, 7) is -0.186. The van der Waals surface area contributed by atoms with Crippen LogP contribution in [0.5, 0.6) is 0 Å². The number of aromatic nitrogens is 1. The van der Waals surface area contributed by atoms with Gasteiger partial charge in [-0.25, -0.2) is 14.0 Å². The zero-order valence-electron chi connectivity index (χ0n) is 21.0. The molecular formula is C26H26ClFN2O7S. The molecule has 0 saturated carbocycles. The minimum atomic E-state index is -0.793. The number of thioether (sulfide) groups is 1. The van der Waals surface area contributed by atoms with Gasteiger partial charge in [-0.15, -0.1) is 11.8 Å². The Balaban J connectivity index is 2.12. The van der Waals surface area contributed by atoms with Crippen molar-refractivity contribution in [3.63, 3.8) is 0 Å². The molecule has 38 heavy (non-hydrogen) atoms. The number of pyridine rings is 1. The molecule has 3 rings (SSSR count). The molecule has 202 valence electrons. The third kappa shape index (κ3) is 6.90. The van der Waals surface area contributed by atoms with Gasteiger partial charge in [0.15, 0.2) is 0 Å². The fourth-order valence-electron chi connectivity index (χ4n) is 3.94. The molecule has 0 atom stereocenters. The first-order valence-corrected chi connectivity index (χ1v) is 12.9. The van der Waals surface area contributed by atoms with E-state index in [-0.39, 0.29) is 39.7 Å². The SMILES string of the molecule is COC(=O)CSc1cc(N(Cc2cncc(C(=O)OC)c2)C(=O)C2=C(C(=O)OC)CCCC2)c(F)cc1Cl. The summed E-state index contributed by atoms with van der Waals surface area (Å²) in [5.74, 6) is -3.23. The highest BCUT2D eigenvalue weighted by molar-refractivity contribution is 8.00. The van der Waals surface area contributed by atoms with Crippen molar-refractivity contribution in [1.82, 2.24) is 4.98 Å². The Kier molecular flexibility index (Phi) is 10.3. The average Bonchev–Trinajstić information content (AvgIpc) is 2.94. The lowest BCUT2D eigenvalue weighted by Gasteiger charge is -2.28. The lowest BCUT2D eigenvalue weighted by molar-refractivity contribution is -0.138. The van der Waals surface area contributed by atoms with E-state index in [2.05, 4.69) is 9.72 Å². The number of rotatable bonds is 9. The van der Waals surface area contributed by atoms with Gasteiger partial charge in [-0.05, 0) is 49.4 Å². The first-order valence-electron chi connectivity index (χ1n) is 11.5. The molecule has 0 spiro atoms. The Morgan fingerprint density at radius 2 is 1.66 bits per heavy atom. The second kappa shape index (κ2) is 13.4. The number of halogens is 2. The van der Waals surface area contributed by atoms with Gasteiger partial charge in [0.25, 0.3) is 5.91 Å². The number of carbonyl (C=O) groups is 4.